The van der Waals surface area contributed by atoms with Gasteiger partial charge in [-0.1, -0.05) is 49.7 Å². The van der Waals surface area contributed by atoms with Crippen molar-refractivity contribution in [3.8, 4) is 11.1 Å². The van der Waals surface area contributed by atoms with Gasteiger partial charge >= 0.3 is 5.97 Å². The first kappa shape index (κ1) is 21.1. The molecule has 0 heterocycles. The van der Waals surface area contributed by atoms with Crippen molar-refractivity contribution in [2.24, 2.45) is 5.92 Å². The minimum atomic E-state index is -3.81. The average molecular weight is 390 g/mol. The monoisotopic (exact) mass is 389 g/mol. The molecule has 2 rings (SSSR count). The van der Waals surface area contributed by atoms with Crippen LogP contribution >= 0.6 is 0 Å². The maximum atomic E-state index is 12.7. The minimum absolute atomic E-state index is 0.205. The Kier molecular flexibility index (Phi) is 7.16. The number of sulfonamides is 1. The van der Waals surface area contributed by atoms with Gasteiger partial charge in [-0.3, -0.25) is 4.79 Å². The van der Waals surface area contributed by atoms with Crippen molar-refractivity contribution in [2.75, 3.05) is 13.2 Å². The van der Waals surface area contributed by atoms with E-state index in [1.165, 1.54) is 5.56 Å². The molecule has 0 unspecified atom stereocenters. The number of ether oxygens (including phenoxy) is 1. The Morgan fingerprint density at radius 3 is 2.30 bits per heavy atom. The standard InChI is InChI=1S/C21H27NO4S/c1-5-26-21(23)14-22-27(24,25)20-11-10-18(13-19(20)12-15(2)3)17-8-6-16(4)7-9-17/h6-11,13,15,22H,5,12,14H2,1-4H3. The van der Waals surface area contributed by atoms with Crippen LogP contribution in [0.15, 0.2) is 47.4 Å². The van der Waals surface area contributed by atoms with E-state index in [2.05, 4.69) is 4.72 Å². The molecule has 0 fully saturated rings. The van der Waals surface area contributed by atoms with E-state index in [0.29, 0.717) is 6.42 Å². The molecule has 0 radical (unpaired) electrons. The highest BCUT2D eigenvalue weighted by Gasteiger charge is 2.21. The quantitative estimate of drug-likeness (QED) is 0.699. The predicted molar refractivity (Wildman–Crippen MR) is 107 cm³/mol. The second-order valence-electron chi connectivity index (χ2n) is 6.92. The summed E-state index contributed by atoms with van der Waals surface area (Å²) in [5, 5.41) is 0. The van der Waals surface area contributed by atoms with Crippen molar-refractivity contribution in [1.29, 1.82) is 0 Å². The van der Waals surface area contributed by atoms with Gasteiger partial charge in [0.15, 0.2) is 0 Å². The number of hydrogen-bond donors (Lipinski definition) is 1. The fourth-order valence-corrected chi connectivity index (χ4v) is 4.01. The Balaban J connectivity index is 2.37. The van der Waals surface area contributed by atoms with Crippen LogP contribution in [0, 0.1) is 12.8 Å². The lowest BCUT2D eigenvalue weighted by Gasteiger charge is -2.15. The fourth-order valence-electron chi connectivity index (χ4n) is 2.81. The van der Waals surface area contributed by atoms with Gasteiger partial charge in [0.25, 0.3) is 0 Å². The molecule has 5 nitrogen and oxygen atoms in total. The normalized spacial score (nSPS) is 11.6. The van der Waals surface area contributed by atoms with Crippen molar-refractivity contribution in [3.05, 3.63) is 53.6 Å². The van der Waals surface area contributed by atoms with Gasteiger partial charge in [-0.2, -0.15) is 4.72 Å². The molecule has 0 atom stereocenters. The molecule has 0 bridgehead atoms. The highest BCUT2D eigenvalue weighted by atomic mass is 32.2. The topological polar surface area (TPSA) is 72.5 Å². The van der Waals surface area contributed by atoms with Crippen LogP contribution in [0.5, 0.6) is 0 Å². The van der Waals surface area contributed by atoms with Crippen LogP contribution in [0.1, 0.15) is 31.9 Å². The molecular weight excluding hydrogens is 362 g/mol. The molecule has 146 valence electrons. The molecule has 6 heteroatoms. The molecule has 0 amide bonds. The van der Waals surface area contributed by atoms with Crippen LogP contribution in [0.3, 0.4) is 0 Å². The van der Waals surface area contributed by atoms with Gasteiger partial charge in [-0.15, -0.1) is 0 Å². The maximum Gasteiger partial charge on any atom is 0.321 e. The molecule has 2 aromatic carbocycles. The molecule has 0 aromatic heterocycles. The van der Waals surface area contributed by atoms with Gasteiger partial charge in [0.05, 0.1) is 11.5 Å². The predicted octanol–water partition coefficient (Wildman–Crippen LogP) is 3.70. The molecule has 0 aliphatic carbocycles. The summed E-state index contributed by atoms with van der Waals surface area (Å²) in [7, 11) is -3.81. The van der Waals surface area contributed by atoms with Crippen LogP contribution in [0.25, 0.3) is 11.1 Å². The first-order chi connectivity index (χ1) is 12.7. The smallest absolute Gasteiger partial charge is 0.321 e. The number of carbonyl (C=O) groups is 1. The summed E-state index contributed by atoms with van der Waals surface area (Å²) >= 11 is 0. The SMILES string of the molecule is CCOC(=O)CNS(=O)(=O)c1ccc(-c2ccc(C)cc2)cc1CC(C)C. The first-order valence-corrected chi connectivity index (χ1v) is 10.6. The second-order valence-corrected chi connectivity index (χ2v) is 8.65. The first-order valence-electron chi connectivity index (χ1n) is 9.08. The number of hydrogen-bond acceptors (Lipinski definition) is 4. The van der Waals surface area contributed by atoms with Gasteiger partial charge in [0.2, 0.25) is 10.0 Å². The van der Waals surface area contributed by atoms with Crippen molar-refractivity contribution < 1.29 is 17.9 Å². The summed E-state index contributed by atoms with van der Waals surface area (Å²) in [6, 6.07) is 13.4. The summed E-state index contributed by atoms with van der Waals surface area (Å²) in [5.74, 6) is -0.306. The Morgan fingerprint density at radius 2 is 1.70 bits per heavy atom. The summed E-state index contributed by atoms with van der Waals surface area (Å²) in [6.07, 6.45) is 0.620. The third-order valence-electron chi connectivity index (χ3n) is 4.07. The second kappa shape index (κ2) is 9.15. The zero-order chi connectivity index (χ0) is 20.0. The number of carbonyl (C=O) groups excluding carboxylic acids is 1. The van der Waals surface area contributed by atoms with Crippen LogP contribution < -0.4 is 4.72 Å². The lowest BCUT2D eigenvalue weighted by molar-refractivity contribution is -0.141. The van der Waals surface area contributed by atoms with Gasteiger partial charge in [-0.05, 0) is 55.0 Å². The minimum Gasteiger partial charge on any atom is -0.465 e. The Hall–Kier alpha value is -2.18. The zero-order valence-electron chi connectivity index (χ0n) is 16.3. The van der Waals surface area contributed by atoms with Crippen molar-refractivity contribution in [1.82, 2.24) is 4.72 Å². The van der Waals surface area contributed by atoms with Crippen LogP contribution in [-0.2, 0) is 26.0 Å². The molecule has 27 heavy (non-hydrogen) atoms. The Morgan fingerprint density at radius 1 is 1.07 bits per heavy atom. The molecule has 2 aromatic rings. The number of rotatable bonds is 8. The number of aryl methyl sites for hydroxylation is 1. The van der Waals surface area contributed by atoms with E-state index in [9.17, 15) is 13.2 Å². The summed E-state index contributed by atoms with van der Waals surface area (Å²) in [4.78, 5) is 11.7. The van der Waals surface area contributed by atoms with E-state index in [0.717, 1.165) is 16.7 Å². The number of benzene rings is 2. The van der Waals surface area contributed by atoms with Crippen molar-refractivity contribution in [3.63, 3.8) is 0 Å². The summed E-state index contributed by atoms with van der Waals surface area (Å²) < 4.78 is 32.6. The van der Waals surface area contributed by atoms with Crippen molar-refractivity contribution in [2.45, 2.75) is 39.0 Å². The Labute approximate surface area is 161 Å². The lowest BCUT2D eigenvalue weighted by atomic mass is 9.97. The highest BCUT2D eigenvalue weighted by molar-refractivity contribution is 7.89. The molecule has 0 saturated carbocycles. The van der Waals surface area contributed by atoms with E-state index in [4.69, 9.17) is 4.74 Å². The van der Waals surface area contributed by atoms with E-state index in [1.807, 2.05) is 51.1 Å². The van der Waals surface area contributed by atoms with Gasteiger partial charge < -0.3 is 4.74 Å². The molecule has 0 saturated heterocycles. The van der Waals surface area contributed by atoms with Crippen molar-refractivity contribution >= 4 is 16.0 Å². The maximum absolute atomic E-state index is 12.7. The van der Waals surface area contributed by atoms with Crippen LogP contribution in [0.4, 0.5) is 0 Å². The Bertz CT molecular complexity index is 887. The lowest BCUT2D eigenvalue weighted by Crippen LogP contribution is -2.31. The van der Waals surface area contributed by atoms with Crippen LogP contribution in [0.2, 0.25) is 0 Å². The number of nitrogens with one attached hydrogen (secondary N) is 1. The van der Waals surface area contributed by atoms with Gasteiger partial charge in [0.1, 0.15) is 6.54 Å². The third kappa shape index (κ3) is 5.91. The highest BCUT2D eigenvalue weighted by Crippen LogP contribution is 2.27. The molecular formula is C21H27NO4S. The van der Waals surface area contributed by atoms with E-state index in [1.54, 1.807) is 19.1 Å². The largest absolute Gasteiger partial charge is 0.465 e. The summed E-state index contributed by atoms with van der Waals surface area (Å²) in [6.45, 7) is 7.62. The molecule has 1 N–H and O–H groups in total. The number of esters is 1. The van der Waals surface area contributed by atoms with E-state index >= 15 is 0 Å². The van der Waals surface area contributed by atoms with Gasteiger partial charge in [0, 0.05) is 0 Å². The van der Waals surface area contributed by atoms with Crippen LogP contribution in [-0.4, -0.2) is 27.5 Å². The van der Waals surface area contributed by atoms with Gasteiger partial charge in [-0.25, -0.2) is 8.42 Å². The zero-order valence-corrected chi connectivity index (χ0v) is 17.1. The van der Waals surface area contributed by atoms with E-state index in [-0.39, 0.29) is 24.0 Å². The molecule has 0 spiro atoms. The van der Waals surface area contributed by atoms with E-state index < -0.39 is 16.0 Å². The molecule has 0 aliphatic rings. The average Bonchev–Trinajstić information content (AvgIpc) is 2.60. The third-order valence-corrected chi connectivity index (χ3v) is 5.58. The summed E-state index contributed by atoms with van der Waals surface area (Å²) in [5.41, 5.74) is 3.91. The fraction of sp³-hybridized carbons (Fsp3) is 0.381. The molecule has 0 aliphatic heterocycles.